The van der Waals surface area contributed by atoms with E-state index in [-0.39, 0.29) is 0 Å². The summed E-state index contributed by atoms with van der Waals surface area (Å²) in [6.07, 6.45) is 0. The SMILES string of the molecule is COc1cccc2cccc(Oc3ccccc3)c12. The Labute approximate surface area is 112 Å². The molecular formula is C17H14O2. The van der Waals surface area contributed by atoms with Crippen molar-refractivity contribution in [2.45, 2.75) is 0 Å². The van der Waals surface area contributed by atoms with Crippen LogP contribution in [0.3, 0.4) is 0 Å². The van der Waals surface area contributed by atoms with E-state index in [1.165, 1.54) is 0 Å². The van der Waals surface area contributed by atoms with Gasteiger partial charge in [0.15, 0.2) is 0 Å². The van der Waals surface area contributed by atoms with E-state index in [1.807, 2.05) is 54.6 Å². The molecule has 3 aromatic rings. The number of hydrogen-bond acceptors (Lipinski definition) is 2. The van der Waals surface area contributed by atoms with Gasteiger partial charge in [0.25, 0.3) is 0 Å². The average molecular weight is 250 g/mol. The van der Waals surface area contributed by atoms with Crippen LogP contribution in [-0.2, 0) is 0 Å². The molecule has 0 spiro atoms. The molecule has 0 bridgehead atoms. The largest absolute Gasteiger partial charge is 0.496 e. The van der Waals surface area contributed by atoms with Gasteiger partial charge in [0.1, 0.15) is 17.2 Å². The second-order valence-corrected chi connectivity index (χ2v) is 4.23. The van der Waals surface area contributed by atoms with Crippen molar-refractivity contribution in [1.82, 2.24) is 0 Å². The molecule has 3 rings (SSSR count). The lowest BCUT2D eigenvalue weighted by Crippen LogP contribution is -1.89. The fraction of sp³-hybridized carbons (Fsp3) is 0.0588. The van der Waals surface area contributed by atoms with E-state index >= 15 is 0 Å². The highest BCUT2D eigenvalue weighted by Crippen LogP contribution is 2.36. The zero-order chi connectivity index (χ0) is 13.1. The summed E-state index contributed by atoms with van der Waals surface area (Å²) < 4.78 is 11.4. The summed E-state index contributed by atoms with van der Waals surface area (Å²) in [5.41, 5.74) is 0. The van der Waals surface area contributed by atoms with Gasteiger partial charge in [0.2, 0.25) is 0 Å². The topological polar surface area (TPSA) is 18.5 Å². The lowest BCUT2D eigenvalue weighted by atomic mass is 10.1. The van der Waals surface area contributed by atoms with Crippen LogP contribution < -0.4 is 9.47 Å². The van der Waals surface area contributed by atoms with Crippen LogP contribution in [0.15, 0.2) is 66.7 Å². The lowest BCUT2D eigenvalue weighted by molar-refractivity contribution is 0.417. The molecule has 2 nitrogen and oxygen atoms in total. The number of ether oxygens (including phenoxy) is 2. The predicted octanol–water partition coefficient (Wildman–Crippen LogP) is 4.64. The standard InChI is InChI=1S/C17H14O2/c1-18-15-11-5-7-13-8-6-12-16(17(13)15)19-14-9-3-2-4-10-14/h2-12H,1H3. The number of para-hydroxylation sites is 1. The van der Waals surface area contributed by atoms with E-state index in [0.29, 0.717) is 0 Å². The van der Waals surface area contributed by atoms with Crippen molar-refractivity contribution in [3.63, 3.8) is 0 Å². The van der Waals surface area contributed by atoms with Gasteiger partial charge < -0.3 is 9.47 Å². The molecule has 0 atom stereocenters. The lowest BCUT2D eigenvalue weighted by Gasteiger charge is -2.11. The Morgan fingerprint density at radius 1 is 0.684 bits per heavy atom. The first-order chi connectivity index (χ1) is 9.38. The van der Waals surface area contributed by atoms with Crippen LogP contribution in [0.4, 0.5) is 0 Å². The molecule has 0 aliphatic carbocycles. The van der Waals surface area contributed by atoms with Crippen molar-refractivity contribution in [2.75, 3.05) is 7.11 Å². The van der Waals surface area contributed by atoms with E-state index in [0.717, 1.165) is 28.0 Å². The zero-order valence-corrected chi connectivity index (χ0v) is 10.7. The van der Waals surface area contributed by atoms with E-state index in [1.54, 1.807) is 7.11 Å². The third-order valence-corrected chi connectivity index (χ3v) is 3.02. The Kier molecular flexibility index (Phi) is 3.07. The highest BCUT2D eigenvalue weighted by Gasteiger charge is 2.08. The van der Waals surface area contributed by atoms with Crippen molar-refractivity contribution in [1.29, 1.82) is 0 Å². The van der Waals surface area contributed by atoms with Gasteiger partial charge in [0, 0.05) is 0 Å². The molecule has 2 heteroatoms. The van der Waals surface area contributed by atoms with Crippen LogP contribution in [0.1, 0.15) is 0 Å². The molecule has 0 aromatic heterocycles. The first kappa shape index (κ1) is 11.6. The van der Waals surface area contributed by atoms with Crippen LogP contribution in [-0.4, -0.2) is 7.11 Å². The molecule has 19 heavy (non-hydrogen) atoms. The Morgan fingerprint density at radius 3 is 2.05 bits per heavy atom. The maximum Gasteiger partial charge on any atom is 0.138 e. The molecule has 0 heterocycles. The van der Waals surface area contributed by atoms with Crippen LogP contribution in [0, 0.1) is 0 Å². The molecular weight excluding hydrogens is 236 g/mol. The van der Waals surface area contributed by atoms with Gasteiger partial charge in [-0.15, -0.1) is 0 Å². The van der Waals surface area contributed by atoms with Gasteiger partial charge >= 0.3 is 0 Å². The molecule has 0 aliphatic rings. The number of hydrogen-bond donors (Lipinski definition) is 0. The Balaban J connectivity index is 2.13. The highest BCUT2D eigenvalue weighted by molar-refractivity contribution is 5.93. The summed E-state index contributed by atoms with van der Waals surface area (Å²) in [5, 5.41) is 2.10. The second kappa shape index (κ2) is 5.02. The Morgan fingerprint density at radius 2 is 1.37 bits per heavy atom. The highest BCUT2D eigenvalue weighted by atomic mass is 16.5. The molecule has 3 aromatic carbocycles. The molecule has 94 valence electrons. The van der Waals surface area contributed by atoms with Crippen LogP contribution in [0.25, 0.3) is 10.8 Å². The van der Waals surface area contributed by atoms with Gasteiger partial charge in [-0.2, -0.15) is 0 Å². The van der Waals surface area contributed by atoms with Gasteiger partial charge in [0.05, 0.1) is 12.5 Å². The number of methoxy groups -OCH3 is 1. The second-order valence-electron chi connectivity index (χ2n) is 4.23. The minimum absolute atomic E-state index is 0.807. The van der Waals surface area contributed by atoms with E-state index < -0.39 is 0 Å². The van der Waals surface area contributed by atoms with Crippen molar-refractivity contribution in [3.8, 4) is 17.2 Å². The van der Waals surface area contributed by atoms with Gasteiger partial charge in [-0.05, 0) is 29.7 Å². The number of benzene rings is 3. The smallest absolute Gasteiger partial charge is 0.138 e. The monoisotopic (exact) mass is 250 g/mol. The normalized spacial score (nSPS) is 10.4. The molecule has 0 fully saturated rings. The number of fused-ring (bicyclic) bond motifs is 1. The third kappa shape index (κ3) is 2.25. The minimum Gasteiger partial charge on any atom is -0.496 e. The quantitative estimate of drug-likeness (QED) is 0.674. The third-order valence-electron chi connectivity index (χ3n) is 3.02. The summed E-state index contributed by atoms with van der Waals surface area (Å²) >= 11 is 0. The van der Waals surface area contributed by atoms with E-state index in [4.69, 9.17) is 9.47 Å². The number of rotatable bonds is 3. The maximum atomic E-state index is 5.95. The molecule has 0 amide bonds. The molecule has 0 aliphatic heterocycles. The van der Waals surface area contributed by atoms with Crippen molar-refractivity contribution in [2.24, 2.45) is 0 Å². The van der Waals surface area contributed by atoms with E-state index in [2.05, 4.69) is 12.1 Å². The summed E-state index contributed by atoms with van der Waals surface area (Å²) in [5.74, 6) is 2.45. The average Bonchev–Trinajstić information content (AvgIpc) is 2.48. The first-order valence-corrected chi connectivity index (χ1v) is 6.17. The minimum atomic E-state index is 0.807. The van der Waals surface area contributed by atoms with Crippen LogP contribution in [0.2, 0.25) is 0 Å². The van der Waals surface area contributed by atoms with Gasteiger partial charge in [-0.25, -0.2) is 0 Å². The molecule has 0 saturated heterocycles. The first-order valence-electron chi connectivity index (χ1n) is 6.17. The maximum absolute atomic E-state index is 5.95. The van der Waals surface area contributed by atoms with Crippen molar-refractivity contribution >= 4 is 10.8 Å². The Hall–Kier alpha value is -2.48. The summed E-state index contributed by atoms with van der Waals surface area (Å²) in [7, 11) is 1.67. The molecule has 0 saturated carbocycles. The summed E-state index contributed by atoms with van der Waals surface area (Å²) in [4.78, 5) is 0. The molecule has 0 radical (unpaired) electrons. The van der Waals surface area contributed by atoms with Crippen molar-refractivity contribution in [3.05, 3.63) is 66.7 Å². The molecule has 0 N–H and O–H groups in total. The summed E-state index contributed by atoms with van der Waals surface area (Å²) in [6, 6.07) is 21.7. The van der Waals surface area contributed by atoms with Crippen molar-refractivity contribution < 1.29 is 9.47 Å². The summed E-state index contributed by atoms with van der Waals surface area (Å²) in [6.45, 7) is 0. The predicted molar refractivity (Wildman–Crippen MR) is 77.0 cm³/mol. The zero-order valence-electron chi connectivity index (χ0n) is 10.7. The van der Waals surface area contributed by atoms with Gasteiger partial charge in [-0.3, -0.25) is 0 Å². The van der Waals surface area contributed by atoms with Gasteiger partial charge in [-0.1, -0.05) is 42.5 Å². The van der Waals surface area contributed by atoms with E-state index in [9.17, 15) is 0 Å². The Bertz CT molecular complexity index is 685. The fourth-order valence-corrected chi connectivity index (χ4v) is 2.14. The fourth-order valence-electron chi connectivity index (χ4n) is 2.14. The van der Waals surface area contributed by atoms with Crippen LogP contribution >= 0.6 is 0 Å². The molecule has 0 unspecified atom stereocenters. The van der Waals surface area contributed by atoms with Crippen LogP contribution in [0.5, 0.6) is 17.2 Å².